The van der Waals surface area contributed by atoms with E-state index in [0.29, 0.717) is 12.8 Å². The minimum absolute atomic E-state index is 0.202. The van der Waals surface area contributed by atoms with Crippen molar-refractivity contribution in [3.05, 3.63) is 28.0 Å². The number of aromatic nitrogens is 1. The molecule has 0 bridgehead atoms. The molecule has 1 N–H and O–H groups in total. The summed E-state index contributed by atoms with van der Waals surface area (Å²) in [6.45, 7) is 0. The number of rotatable bonds is 2. The topological polar surface area (TPSA) is 65.8 Å². The van der Waals surface area contributed by atoms with E-state index in [0.717, 1.165) is 25.7 Å². The van der Waals surface area contributed by atoms with Crippen LogP contribution in [-0.4, -0.2) is 16.4 Å². The van der Waals surface area contributed by atoms with Gasteiger partial charge in [0.25, 0.3) is 5.91 Å². The zero-order chi connectivity index (χ0) is 15.3. The molecule has 0 aromatic carbocycles. The highest BCUT2D eigenvalue weighted by Crippen LogP contribution is 2.27. The van der Waals surface area contributed by atoms with E-state index in [1.54, 1.807) is 0 Å². The standard InChI is InChI=1S/C15H17Cl2N3O/c16-12-9-19-13(17)8-11(12)14(21)20-15(10-18)6-4-2-1-3-5-7-15/h8-9H,1-7H2,(H,20,21). The fourth-order valence-electron chi connectivity index (χ4n) is 2.65. The van der Waals surface area contributed by atoms with E-state index in [2.05, 4.69) is 16.4 Å². The van der Waals surface area contributed by atoms with Crippen molar-refractivity contribution in [3.8, 4) is 6.07 Å². The monoisotopic (exact) mass is 325 g/mol. The van der Waals surface area contributed by atoms with Crippen LogP contribution in [0.5, 0.6) is 0 Å². The van der Waals surface area contributed by atoms with Gasteiger partial charge in [0.15, 0.2) is 0 Å². The van der Waals surface area contributed by atoms with E-state index in [9.17, 15) is 10.1 Å². The predicted octanol–water partition coefficient (Wildman–Crippen LogP) is 4.12. The average molecular weight is 326 g/mol. The summed E-state index contributed by atoms with van der Waals surface area (Å²) in [4.78, 5) is 16.2. The highest BCUT2D eigenvalue weighted by Gasteiger charge is 2.32. The van der Waals surface area contributed by atoms with Gasteiger partial charge < -0.3 is 5.32 Å². The van der Waals surface area contributed by atoms with Gasteiger partial charge in [0.2, 0.25) is 0 Å². The van der Waals surface area contributed by atoms with Crippen molar-refractivity contribution in [1.29, 1.82) is 5.26 Å². The lowest BCUT2D eigenvalue weighted by atomic mass is 9.85. The van der Waals surface area contributed by atoms with Crippen LogP contribution in [0.3, 0.4) is 0 Å². The molecule has 1 heterocycles. The van der Waals surface area contributed by atoms with Gasteiger partial charge in [-0.2, -0.15) is 5.26 Å². The number of carbonyl (C=O) groups is 1. The van der Waals surface area contributed by atoms with Crippen LogP contribution in [0.15, 0.2) is 12.3 Å². The van der Waals surface area contributed by atoms with Crippen LogP contribution in [0.25, 0.3) is 0 Å². The number of pyridine rings is 1. The fourth-order valence-corrected chi connectivity index (χ4v) is 2.99. The molecule has 2 rings (SSSR count). The lowest BCUT2D eigenvalue weighted by molar-refractivity contribution is 0.0907. The SMILES string of the molecule is N#CC1(NC(=O)c2cc(Cl)ncc2Cl)CCCCCCC1. The molecule has 4 nitrogen and oxygen atoms in total. The minimum atomic E-state index is -0.809. The van der Waals surface area contributed by atoms with Gasteiger partial charge in [0, 0.05) is 6.20 Å². The highest BCUT2D eigenvalue weighted by molar-refractivity contribution is 6.35. The lowest BCUT2D eigenvalue weighted by Gasteiger charge is -2.29. The maximum absolute atomic E-state index is 12.4. The first-order valence-electron chi connectivity index (χ1n) is 7.11. The van der Waals surface area contributed by atoms with Crippen LogP contribution < -0.4 is 5.32 Å². The molecule has 112 valence electrons. The molecule has 0 spiro atoms. The van der Waals surface area contributed by atoms with Crippen molar-refractivity contribution >= 4 is 29.1 Å². The second-order valence-corrected chi connectivity index (χ2v) is 6.20. The molecule has 0 saturated heterocycles. The van der Waals surface area contributed by atoms with Gasteiger partial charge in [-0.1, -0.05) is 55.3 Å². The summed E-state index contributed by atoms with van der Waals surface area (Å²) in [5.74, 6) is -0.369. The largest absolute Gasteiger partial charge is 0.334 e. The number of carbonyl (C=O) groups excluding carboxylic acids is 1. The van der Waals surface area contributed by atoms with Gasteiger partial charge in [-0.15, -0.1) is 0 Å². The molecule has 1 aliphatic rings. The number of nitrogens with one attached hydrogen (secondary N) is 1. The average Bonchev–Trinajstić information content (AvgIpc) is 2.44. The first-order valence-corrected chi connectivity index (χ1v) is 7.87. The van der Waals surface area contributed by atoms with Gasteiger partial charge in [0.1, 0.15) is 10.7 Å². The van der Waals surface area contributed by atoms with Crippen molar-refractivity contribution in [1.82, 2.24) is 10.3 Å². The molecule has 6 heteroatoms. The van der Waals surface area contributed by atoms with Crippen LogP contribution in [0.4, 0.5) is 0 Å². The Labute approximate surface area is 134 Å². The second kappa shape index (κ2) is 7.11. The molecule has 1 aliphatic carbocycles. The summed E-state index contributed by atoms with van der Waals surface area (Å²) in [5.41, 5.74) is -0.551. The molecule has 0 aliphatic heterocycles. The molecule has 1 fully saturated rings. The zero-order valence-corrected chi connectivity index (χ0v) is 13.2. The van der Waals surface area contributed by atoms with Crippen LogP contribution in [-0.2, 0) is 0 Å². The Hall–Kier alpha value is -1.31. The van der Waals surface area contributed by atoms with E-state index >= 15 is 0 Å². The maximum atomic E-state index is 12.4. The van der Waals surface area contributed by atoms with Crippen LogP contribution in [0, 0.1) is 11.3 Å². The summed E-state index contributed by atoms with van der Waals surface area (Å²) < 4.78 is 0. The van der Waals surface area contributed by atoms with Gasteiger partial charge in [-0.3, -0.25) is 4.79 Å². The Balaban J connectivity index is 2.18. The fraction of sp³-hybridized carbons (Fsp3) is 0.533. The molecule has 0 atom stereocenters. The van der Waals surface area contributed by atoms with Crippen molar-refractivity contribution in [3.63, 3.8) is 0 Å². The van der Waals surface area contributed by atoms with Crippen molar-refractivity contribution in [2.24, 2.45) is 0 Å². The minimum Gasteiger partial charge on any atom is -0.334 e. The third-order valence-corrected chi connectivity index (χ3v) is 4.35. The van der Waals surface area contributed by atoms with Crippen LogP contribution in [0.1, 0.15) is 55.3 Å². The van der Waals surface area contributed by atoms with Crippen molar-refractivity contribution in [2.75, 3.05) is 0 Å². The van der Waals surface area contributed by atoms with Gasteiger partial charge in [0.05, 0.1) is 16.7 Å². The van der Waals surface area contributed by atoms with E-state index in [1.807, 2.05) is 0 Å². The number of nitriles is 1. The van der Waals surface area contributed by atoms with E-state index in [1.165, 1.54) is 18.7 Å². The normalized spacial score (nSPS) is 18.1. The summed E-state index contributed by atoms with van der Waals surface area (Å²) in [7, 11) is 0. The van der Waals surface area contributed by atoms with E-state index in [-0.39, 0.29) is 21.6 Å². The zero-order valence-electron chi connectivity index (χ0n) is 11.7. The Kier molecular flexibility index (Phi) is 5.44. The second-order valence-electron chi connectivity index (χ2n) is 5.40. The first kappa shape index (κ1) is 16.1. The number of amides is 1. The van der Waals surface area contributed by atoms with E-state index in [4.69, 9.17) is 23.2 Å². The maximum Gasteiger partial charge on any atom is 0.254 e. The molecule has 1 aromatic heterocycles. The number of nitrogens with zero attached hydrogens (tertiary/aromatic N) is 2. The van der Waals surface area contributed by atoms with Crippen LogP contribution >= 0.6 is 23.2 Å². The molecule has 1 saturated carbocycles. The molecule has 1 amide bonds. The third kappa shape index (κ3) is 4.09. The van der Waals surface area contributed by atoms with Gasteiger partial charge >= 0.3 is 0 Å². The summed E-state index contributed by atoms with van der Waals surface area (Å²) >= 11 is 11.8. The number of hydrogen-bond donors (Lipinski definition) is 1. The van der Waals surface area contributed by atoms with E-state index < -0.39 is 5.54 Å². The highest BCUT2D eigenvalue weighted by atomic mass is 35.5. The molecule has 0 unspecified atom stereocenters. The Bertz CT molecular complexity index is 561. The first-order chi connectivity index (χ1) is 10.1. The Morgan fingerprint density at radius 3 is 2.48 bits per heavy atom. The van der Waals surface area contributed by atoms with Crippen LogP contribution in [0.2, 0.25) is 10.2 Å². The Morgan fingerprint density at radius 1 is 1.24 bits per heavy atom. The van der Waals surface area contributed by atoms with Crippen molar-refractivity contribution in [2.45, 2.75) is 50.5 Å². The summed E-state index contributed by atoms with van der Waals surface area (Å²) in [5, 5.41) is 12.8. The quantitative estimate of drug-likeness (QED) is 0.831. The molecule has 1 aromatic rings. The van der Waals surface area contributed by atoms with Crippen molar-refractivity contribution < 1.29 is 4.79 Å². The Morgan fingerprint density at radius 2 is 1.86 bits per heavy atom. The molecular weight excluding hydrogens is 309 g/mol. The van der Waals surface area contributed by atoms with Gasteiger partial charge in [-0.25, -0.2) is 4.98 Å². The summed E-state index contributed by atoms with van der Waals surface area (Å²) in [6, 6.07) is 3.72. The smallest absolute Gasteiger partial charge is 0.254 e. The predicted molar refractivity (Wildman–Crippen MR) is 82.4 cm³/mol. The molecule has 0 radical (unpaired) electrons. The number of halogens is 2. The lowest BCUT2D eigenvalue weighted by Crippen LogP contribution is -2.47. The summed E-state index contributed by atoms with van der Waals surface area (Å²) in [6.07, 6.45) is 7.97. The molecule has 21 heavy (non-hydrogen) atoms. The number of hydrogen-bond acceptors (Lipinski definition) is 3. The van der Waals surface area contributed by atoms with Gasteiger partial charge in [-0.05, 0) is 18.9 Å². The third-order valence-electron chi connectivity index (χ3n) is 3.84. The molecular formula is C15H17Cl2N3O.